The van der Waals surface area contributed by atoms with Gasteiger partial charge in [-0.2, -0.15) is 0 Å². The summed E-state index contributed by atoms with van der Waals surface area (Å²) in [4.78, 5) is 0. The maximum Gasteiger partial charge on any atom is 0.0483 e. The Balaban J connectivity index is 3.92. The normalized spacial score (nSPS) is 13.2. The third-order valence-corrected chi connectivity index (χ3v) is 3.12. The summed E-state index contributed by atoms with van der Waals surface area (Å²) in [6.07, 6.45) is 1.18. The van der Waals surface area contributed by atoms with Crippen LogP contribution >= 0.6 is 0 Å². The van der Waals surface area contributed by atoms with Crippen LogP contribution in [0.5, 0.6) is 0 Å². The van der Waals surface area contributed by atoms with Crippen LogP contribution in [0.1, 0.15) is 27.2 Å². The number of allylic oxidation sites excluding steroid dienone is 1. The molecule has 0 unspecified atom stereocenters. The average molecular weight is 184 g/mol. The van der Waals surface area contributed by atoms with Gasteiger partial charge in [-0.15, -0.1) is 6.58 Å². The number of hydrogen-bond donors (Lipinski definition) is 0. The molecule has 0 saturated carbocycles. The summed E-state index contributed by atoms with van der Waals surface area (Å²) in [5.41, 5.74) is 1.86. The van der Waals surface area contributed by atoms with Gasteiger partial charge in [0.15, 0.2) is 0 Å². The highest BCUT2D eigenvalue weighted by atomic mass is 28.3. The van der Waals surface area contributed by atoms with Crippen LogP contribution in [0.2, 0.25) is 25.7 Å². The van der Waals surface area contributed by atoms with Crippen molar-refractivity contribution in [3.05, 3.63) is 12.2 Å². The van der Waals surface area contributed by atoms with Gasteiger partial charge in [0.25, 0.3) is 0 Å². The predicted octanol–water partition coefficient (Wildman–Crippen LogP) is 4.32. The lowest BCUT2D eigenvalue weighted by molar-refractivity contribution is 0.410. The van der Waals surface area contributed by atoms with Crippen LogP contribution in [0.3, 0.4) is 0 Å². The van der Waals surface area contributed by atoms with E-state index in [1.807, 2.05) is 0 Å². The van der Waals surface area contributed by atoms with Gasteiger partial charge in [-0.3, -0.25) is 0 Å². The molecule has 0 radical (unpaired) electrons. The van der Waals surface area contributed by atoms with E-state index in [0.717, 1.165) is 0 Å². The zero-order valence-corrected chi connectivity index (χ0v) is 10.6. The van der Waals surface area contributed by atoms with Crippen LogP contribution in [0.25, 0.3) is 0 Å². The first-order chi connectivity index (χ1) is 5.10. The molecular formula is C11H24Si. The zero-order chi connectivity index (χ0) is 9.99. The number of rotatable bonds is 3. The fourth-order valence-electron chi connectivity index (χ4n) is 1.56. The summed E-state index contributed by atoms with van der Waals surface area (Å²) in [6, 6.07) is 1.28. The molecule has 0 atom stereocenters. The topological polar surface area (TPSA) is 0 Å². The molecule has 0 heterocycles. The summed E-state index contributed by atoms with van der Waals surface area (Å²) in [5.74, 6) is 0. The van der Waals surface area contributed by atoms with Crippen LogP contribution in [-0.4, -0.2) is 8.07 Å². The standard InChI is InChI=1S/C11H24Si/c1-10(8-11(2,3)4)9-12(5,6)7/h1,8-9H2,2-7H3. The van der Waals surface area contributed by atoms with Crippen molar-refractivity contribution >= 4 is 8.07 Å². The molecule has 0 amide bonds. The first-order valence-corrected chi connectivity index (χ1v) is 8.47. The van der Waals surface area contributed by atoms with Crippen molar-refractivity contribution in [3.8, 4) is 0 Å². The lowest BCUT2D eigenvalue weighted by Gasteiger charge is -2.23. The highest BCUT2D eigenvalue weighted by Crippen LogP contribution is 2.27. The molecule has 72 valence electrons. The van der Waals surface area contributed by atoms with Gasteiger partial charge in [0, 0.05) is 8.07 Å². The van der Waals surface area contributed by atoms with E-state index in [1.165, 1.54) is 18.0 Å². The van der Waals surface area contributed by atoms with Crippen molar-refractivity contribution in [1.29, 1.82) is 0 Å². The second-order valence-electron chi connectivity index (χ2n) is 6.22. The molecule has 0 aliphatic rings. The van der Waals surface area contributed by atoms with E-state index < -0.39 is 8.07 Å². The third kappa shape index (κ3) is 8.06. The smallest absolute Gasteiger partial charge is 0.0483 e. The Kier molecular flexibility index (Phi) is 3.76. The average Bonchev–Trinajstić information content (AvgIpc) is 1.49. The van der Waals surface area contributed by atoms with E-state index in [1.54, 1.807) is 0 Å². The SMILES string of the molecule is C=C(CC(C)(C)C)C[Si](C)(C)C. The summed E-state index contributed by atoms with van der Waals surface area (Å²) >= 11 is 0. The van der Waals surface area contributed by atoms with Gasteiger partial charge in [0.05, 0.1) is 0 Å². The summed E-state index contributed by atoms with van der Waals surface area (Å²) in [7, 11) is -0.920. The highest BCUT2D eigenvalue weighted by molar-refractivity contribution is 6.76. The molecule has 0 aromatic carbocycles. The summed E-state index contributed by atoms with van der Waals surface area (Å²) in [6.45, 7) is 18.2. The molecular weight excluding hydrogens is 160 g/mol. The van der Waals surface area contributed by atoms with E-state index in [9.17, 15) is 0 Å². The van der Waals surface area contributed by atoms with E-state index in [0.29, 0.717) is 5.41 Å². The Bertz CT molecular complexity index is 137. The van der Waals surface area contributed by atoms with Crippen molar-refractivity contribution in [2.24, 2.45) is 5.41 Å². The van der Waals surface area contributed by atoms with Crippen LogP contribution in [0.4, 0.5) is 0 Å². The van der Waals surface area contributed by atoms with Crippen LogP contribution < -0.4 is 0 Å². The zero-order valence-electron chi connectivity index (χ0n) is 9.62. The van der Waals surface area contributed by atoms with E-state index in [2.05, 4.69) is 47.0 Å². The van der Waals surface area contributed by atoms with Gasteiger partial charge >= 0.3 is 0 Å². The third-order valence-electron chi connectivity index (χ3n) is 1.56. The van der Waals surface area contributed by atoms with Gasteiger partial charge < -0.3 is 0 Å². The van der Waals surface area contributed by atoms with Crippen molar-refractivity contribution in [2.75, 3.05) is 0 Å². The van der Waals surface area contributed by atoms with Gasteiger partial charge in [-0.25, -0.2) is 0 Å². The minimum absolute atomic E-state index is 0.413. The molecule has 0 aliphatic heterocycles. The molecule has 12 heavy (non-hydrogen) atoms. The Morgan fingerprint density at radius 2 is 1.58 bits per heavy atom. The Hall–Kier alpha value is -0.0431. The van der Waals surface area contributed by atoms with E-state index >= 15 is 0 Å². The molecule has 0 aliphatic carbocycles. The Labute approximate surface area is 79.1 Å². The van der Waals surface area contributed by atoms with E-state index in [4.69, 9.17) is 0 Å². The lowest BCUT2D eigenvalue weighted by Crippen LogP contribution is -2.21. The van der Waals surface area contributed by atoms with Gasteiger partial charge in [-0.1, -0.05) is 46.0 Å². The molecule has 0 N–H and O–H groups in total. The van der Waals surface area contributed by atoms with Crippen molar-refractivity contribution in [1.82, 2.24) is 0 Å². The Morgan fingerprint density at radius 3 is 1.83 bits per heavy atom. The van der Waals surface area contributed by atoms with Crippen LogP contribution in [0.15, 0.2) is 12.2 Å². The summed E-state index contributed by atoms with van der Waals surface area (Å²) < 4.78 is 0. The molecule has 0 spiro atoms. The summed E-state index contributed by atoms with van der Waals surface area (Å²) in [5, 5.41) is 0. The molecule has 0 nitrogen and oxygen atoms in total. The predicted molar refractivity (Wildman–Crippen MR) is 61.4 cm³/mol. The molecule has 0 saturated heterocycles. The molecule has 0 aromatic heterocycles. The molecule has 0 rings (SSSR count). The minimum atomic E-state index is -0.920. The fourth-order valence-corrected chi connectivity index (χ4v) is 3.19. The fraction of sp³-hybridized carbons (Fsp3) is 0.818. The van der Waals surface area contributed by atoms with Gasteiger partial charge in [-0.05, 0) is 17.9 Å². The minimum Gasteiger partial charge on any atom is -0.100 e. The molecule has 0 aromatic rings. The maximum absolute atomic E-state index is 4.16. The van der Waals surface area contributed by atoms with Crippen molar-refractivity contribution in [2.45, 2.75) is 52.9 Å². The highest BCUT2D eigenvalue weighted by Gasteiger charge is 2.18. The van der Waals surface area contributed by atoms with Crippen LogP contribution in [0, 0.1) is 5.41 Å². The van der Waals surface area contributed by atoms with Crippen molar-refractivity contribution in [3.63, 3.8) is 0 Å². The van der Waals surface area contributed by atoms with Gasteiger partial charge in [0.2, 0.25) is 0 Å². The first kappa shape index (κ1) is 12.0. The lowest BCUT2D eigenvalue weighted by atomic mass is 9.89. The number of hydrogen-bond acceptors (Lipinski definition) is 0. The largest absolute Gasteiger partial charge is 0.100 e. The molecule has 0 bridgehead atoms. The molecule has 0 fully saturated rings. The molecule has 1 heteroatoms. The maximum atomic E-state index is 4.16. The Morgan fingerprint density at radius 1 is 1.17 bits per heavy atom. The second-order valence-corrected chi connectivity index (χ2v) is 11.7. The van der Waals surface area contributed by atoms with Crippen molar-refractivity contribution < 1.29 is 0 Å². The second kappa shape index (κ2) is 3.78. The van der Waals surface area contributed by atoms with E-state index in [-0.39, 0.29) is 0 Å². The monoisotopic (exact) mass is 184 g/mol. The first-order valence-electron chi connectivity index (χ1n) is 4.77. The quantitative estimate of drug-likeness (QED) is 0.453. The van der Waals surface area contributed by atoms with Gasteiger partial charge in [0.1, 0.15) is 0 Å². The van der Waals surface area contributed by atoms with Crippen LogP contribution in [-0.2, 0) is 0 Å².